The molecule has 1 amide bonds. The molecule has 0 aliphatic carbocycles. The molecule has 1 aromatic heterocycles. The van der Waals surface area contributed by atoms with Gasteiger partial charge in [-0.25, -0.2) is 0 Å². The van der Waals surface area contributed by atoms with Crippen molar-refractivity contribution in [3.63, 3.8) is 0 Å². The Kier molecular flexibility index (Phi) is 8.60. The standard InChI is InChI=1S/C24H25NO5S/c1-28-19-9-5-10-20(14-19)30-15-24(27)25-22(13-18-7-3-2-4-8-18)23(26)17-31-16-21-11-6-12-29-21/h2-12,14,22H,13,15-17H2,1H3,(H,25,27)/t22-/m0/s1. The normalized spacial score (nSPS) is 11.5. The van der Waals surface area contributed by atoms with Crippen molar-refractivity contribution in [2.24, 2.45) is 0 Å². The molecular formula is C24H25NO5S. The number of rotatable bonds is 12. The van der Waals surface area contributed by atoms with Gasteiger partial charge in [0.25, 0.3) is 5.91 Å². The van der Waals surface area contributed by atoms with Gasteiger partial charge in [-0.05, 0) is 36.2 Å². The smallest absolute Gasteiger partial charge is 0.258 e. The fourth-order valence-corrected chi connectivity index (χ4v) is 3.79. The Morgan fingerprint density at radius 2 is 1.84 bits per heavy atom. The molecule has 0 saturated heterocycles. The summed E-state index contributed by atoms with van der Waals surface area (Å²) in [6.07, 6.45) is 2.03. The summed E-state index contributed by atoms with van der Waals surface area (Å²) in [5.74, 6) is 2.45. The highest BCUT2D eigenvalue weighted by atomic mass is 32.2. The zero-order chi connectivity index (χ0) is 21.9. The maximum atomic E-state index is 12.8. The van der Waals surface area contributed by atoms with Crippen LogP contribution >= 0.6 is 11.8 Å². The van der Waals surface area contributed by atoms with Crippen molar-refractivity contribution in [3.8, 4) is 11.5 Å². The van der Waals surface area contributed by atoms with Gasteiger partial charge in [0.2, 0.25) is 0 Å². The number of amides is 1. The van der Waals surface area contributed by atoms with Crippen LogP contribution in [0.4, 0.5) is 0 Å². The van der Waals surface area contributed by atoms with Gasteiger partial charge in [0.15, 0.2) is 12.4 Å². The SMILES string of the molecule is COc1cccc(OCC(=O)N[C@@H](Cc2ccccc2)C(=O)CSCc2ccco2)c1. The van der Waals surface area contributed by atoms with Gasteiger partial charge >= 0.3 is 0 Å². The van der Waals surface area contributed by atoms with Crippen molar-refractivity contribution in [1.82, 2.24) is 5.32 Å². The zero-order valence-corrected chi connectivity index (χ0v) is 18.1. The fraction of sp³-hybridized carbons (Fsp3) is 0.250. The van der Waals surface area contributed by atoms with E-state index in [-0.39, 0.29) is 24.1 Å². The fourth-order valence-electron chi connectivity index (χ4n) is 2.92. The molecule has 162 valence electrons. The van der Waals surface area contributed by atoms with Crippen LogP contribution in [0.5, 0.6) is 11.5 Å². The first-order chi connectivity index (χ1) is 15.1. The third-order valence-corrected chi connectivity index (χ3v) is 5.46. The second kappa shape index (κ2) is 11.9. The van der Waals surface area contributed by atoms with Crippen molar-refractivity contribution < 1.29 is 23.5 Å². The number of nitrogens with one attached hydrogen (secondary N) is 1. The number of benzene rings is 2. The number of ether oxygens (including phenoxy) is 2. The van der Waals surface area contributed by atoms with Crippen LogP contribution < -0.4 is 14.8 Å². The number of thioether (sulfide) groups is 1. The van der Waals surface area contributed by atoms with E-state index < -0.39 is 6.04 Å². The average Bonchev–Trinajstić information content (AvgIpc) is 3.31. The zero-order valence-electron chi connectivity index (χ0n) is 17.3. The monoisotopic (exact) mass is 439 g/mol. The van der Waals surface area contributed by atoms with E-state index in [1.165, 1.54) is 11.8 Å². The number of ketones is 1. The molecule has 0 radical (unpaired) electrons. The summed E-state index contributed by atoms with van der Waals surface area (Å²) in [5.41, 5.74) is 0.978. The maximum Gasteiger partial charge on any atom is 0.258 e. The summed E-state index contributed by atoms with van der Waals surface area (Å²) in [4.78, 5) is 25.3. The number of carbonyl (C=O) groups excluding carboxylic acids is 2. The summed E-state index contributed by atoms with van der Waals surface area (Å²) in [6.45, 7) is -0.189. The second-order valence-electron chi connectivity index (χ2n) is 6.82. The Balaban J connectivity index is 1.56. The number of furan rings is 1. The Bertz CT molecular complexity index is 959. The summed E-state index contributed by atoms with van der Waals surface area (Å²) in [7, 11) is 1.56. The predicted octanol–water partition coefficient (Wildman–Crippen LogP) is 3.90. The number of carbonyl (C=O) groups is 2. The molecule has 31 heavy (non-hydrogen) atoms. The minimum absolute atomic E-state index is 0.0462. The van der Waals surface area contributed by atoms with Gasteiger partial charge < -0.3 is 19.2 Å². The Morgan fingerprint density at radius 1 is 1.03 bits per heavy atom. The Labute approximate surface area is 185 Å². The minimum Gasteiger partial charge on any atom is -0.497 e. The first-order valence-corrected chi connectivity index (χ1v) is 11.0. The van der Waals surface area contributed by atoms with E-state index in [4.69, 9.17) is 13.9 Å². The lowest BCUT2D eigenvalue weighted by molar-refractivity contribution is -0.128. The first-order valence-electron chi connectivity index (χ1n) is 9.87. The molecule has 1 atom stereocenters. The highest BCUT2D eigenvalue weighted by molar-refractivity contribution is 7.99. The van der Waals surface area contributed by atoms with Crippen LogP contribution in [0.2, 0.25) is 0 Å². The van der Waals surface area contributed by atoms with Gasteiger partial charge in [-0.1, -0.05) is 36.4 Å². The molecule has 3 rings (SSSR count). The van der Waals surface area contributed by atoms with Crippen LogP contribution in [-0.2, 0) is 21.8 Å². The molecule has 0 unspecified atom stereocenters. The molecule has 0 aliphatic heterocycles. The van der Waals surface area contributed by atoms with Gasteiger partial charge in [-0.2, -0.15) is 0 Å². The summed E-state index contributed by atoms with van der Waals surface area (Å²) < 4.78 is 16.0. The van der Waals surface area contributed by atoms with E-state index in [1.54, 1.807) is 37.6 Å². The van der Waals surface area contributed by atoms with Gasteiger partial charge in [0, 0.05) is 6.07 Å². The second-order valence-corrected chi connectivity index (χ2v) is 7.80. The molecule has 0 spiro atoms. The van der Waals surface area contributed by atoms with E-state index >= 15 is 0 Å². The average molecular weight is 440 g/mol. The van der Waals surface area contributed by atoms with Gasteiger partial charge in [-0.15, -0.1) is 11.8 Å². The Hall–Kier alpha value is -3.19. The third-order valence-electron chi connectivity index (χ3n) is 4.49. The number of hydrogen-bond donors (Lipinski definition) is 1. The van der Waals surface area contributed by atoms with Crippen LogP contribution in [-0.4, -0.2) is 37.2 Å². The lowest BCUT2D eigenvalue weighted by atomic mass is 10.0. The van der Waals surface area contributed by atoms with E-state index in [1.807, 2.05) is 42.5 Å². The molecule has 7 heteroatoms. The van der Waals surface area contributed by atoms with Crippen molar-refractivity contribution in [2.75, 3.05) is 19.5 Å². The van der Waals surface area contributed by atoms with Crippen LogP contribution in [0, 0.1) is 0 Å². The molecule has 3 aromatic rings. The molecule has 2 aromatic carbocycles. The summed E-state index contributed by atoms with van der Waals surface area (Å²) in [5, 5.41) is 2.83. The van der Waals surface area contributed by atoms with Gasteiger partial charge in [-0.3, -0.25) is 9.59 Å². The molecule has 0 saturated carbocycles. The lowest BCUT2D eigenvalue weighted by Gasteiger charge is -2.18. The highest BCUT2D eigenvalue weighted by Gasteiger charge is 2.21. The van der Waals surface area contributed by atoms with Gasteiger partial charge in [0.1, 0.15) is 17.3 Å². The van der Waals surface area contributed by atoms with Crippen molar-refractivity contribution in [2.45, 2.75) is 18.2 Å². The number of methoxy groups -OCH3 is 1. The largest absolute Gasteiger partial charge is 0.497 e. The quantitative estimate of drug-likeness (QED) is 0.461. The van der Waals surface area contributed by atoms with Crippen molar-refractivity contribution >= 4 is 23.5 Å². The summed E-state index contributed by atoms with van der Waals surface area (Å²) >= 11 is 1.46. The van der Waals surface area contributed by atoms with Crippen LogP contribution in [0.25, 0.3) is 0 Å². The topological polar surface area (TPSA) is 77.8 Å². The number of Topliss-reactive ketones (excluding diaryl/α,β-unsaturated/α-hetero) is 1. The number of hydrogen-bond acceptors (Lipinski definition) is 6. The van der Waals surface area contributed by atoms with Crippen molar-refractivity contribution in [1.29, 1.82) is 0 Å². The van der Waals surface area contributed by atoms with E-state index in [0.717, 1.165) is 11.3 Å². The third kappa shape index (κ3) is 7.53. The van der Waals surface area contributed by atoms with Crippen LogP contribution in [0.1, 0.15) is 11.3 Å². The minimum atomic E-state index is -0.632. The molecule has 1 heterocycles. The first kappa shape index (κ1) is 22.5. The predicted molar refractivity (Wildman–Crippen MR) is 120 cm³/mol. The Morgan fingerprint density at radius 3 is 2.58 bits per heavy atom. The molecule has 1 N–H and O–H groups in total. The summed E-state index contributed by atoms with van der Waals surface area (Å²) in [6, 6.07) is 19.7. The molecule has 0 bridgehead atoms. The van der Waals surface area contributed by atoms with Crippen LogP contribution in [0.15, 0.2) is 77.4 Å². The highest BCUT2D eigenvalue weighted by Crippen LogP contribution is 2.19. The van der Waals surface area contributed by atoms with Crippen LogP contribution in [0.3, 0.4) is 0 Å². The molecule has 6 nitrogen and oxygen atoms in total. The molecular weight excluding hydrogens is 414 g/mol. The van der Waals surface area contributed by atoms with Gasteiger partial charge in [0.05, 0.1) is 30.9 Å². The maximum absolute atomic E-state index is 12.8. The molecule has 0 fully saturated rings. The van der Waals surface area contributed by atoms with E-state index in [0.29, 0.717) is 23.7 Å². The van der Waals surface area contributed by atoms with E-state index in [2.05, 4.69) is 5.32 Å². The van der Waals surface area contributed by atoms with Crippen molar-refractivity contribution in [3.05, 3.63) is 84.3 Å². The molecule has 0 aliphatic rings. The van der Waals surface area contributed by atoms with E-state index in [9.17, 15) is 9.59 Å². The lowest BCUT2D eigenvalue weighted by Crippen LogP contribution is -2.45.